The van der Waals surface area contributed by atoms with Crippen LogP contribution in [-0.4, -0.2) is 41.2 Å². The van der Waals surface area contributed by atoms with E-state index in [0.29, 0.717) is 25.0 Å². The van der Waals surface area contributed by atoms with Crippen LogP contribution in [0.3, 0.4) is 0 Å². The third kappa shape index (κ3) is 4.20. The zero-order chi connectivity index (χ0) is 13.5. The maximum atomic E-state index is 10.8. The van der Waals surface area contributed by atoms with Crippen molar-refractivity contribution >= 4 is 11.9 Å². The number of hydrogen-bond acceptors (Lipinski definition) is 5. The molecule has 0 fully saturated rings. The predicted octanol–water partition coefficient (Wildman–Crippen LogP) is 1.42. The Hall–Kier alpha value is -1.85. The highest BCUT2D eigenvalue weighted by molar-refractivity contribution is 5.70. The Labute approximate surface area is 107 Å². The summed E-state index contributed by atoms with van der Waals surface area (Å²) in [5.41, 5.74) is 0. The fourth-order valence-electron chi connectivity index (χ4n) is 1.37. The van der Waals surface area contributed by atoms with Gasteiger partial charge in [0.1, 0.15) is 0 Å². The number of nitrogens with zero attached hydrogens (tertiary/aromatic N) is 3. The zero-order valence-corrected chi connectivity index (χ0v) is 11.0. The standard InChI is InChI=1S/C12H19N3O3/c1-4-7-18-10-5-6-13-12(14-10)15(3)8-9(2)11(16)17/h5-6,9H,4,7-8H2,1-3H3,(H,16,17). The topological polar surface area (TPSA) is 75.5 Å². The van der Waals surface area contributed by atoms with Crippen LogP contribution in [0.4, 0.5) is 5.95 Å². The lowest BCUT2D eigenvalue weighted by molar-refractivity contribution is -0.140. The third-order valence-corrected chi connectivity index (χ3v) is 2.38. The molecule has 1 unspecified atom stereocenters. The molecule has 1 N–H and O–H groups in total. The van der Waals surface area contributed by atoms with Crippen molar-refractivity contribution in [2.75, 3.05) is 25.1 Å². The zero-order valence-electron chi connectivity index (χ0n) is 11.0. The molecular weight excluding hydrogens is 234 g/mol. The summed E-state index contributed by atoms with van der Waals surface area (Å²) >= 11 is 0. The second-order valence-corrected chi connectivity index (χ2v) is 4.16. The molecule has 1 aromatic rings. The van der Waals surface area contributed by atoms with E-state index < -0.39 is 11.9 Å². The number of aromatic nitrogens is 2. The molecule has 1 atom stereocenters. The summed E-state index contributed by atoms with van der Waals surface area (Å²) in [4.78, 5) is 20.8. The molecule has 18 heavy (non-hydrogen) atoms. The first-order valence-electron chi connectivity index (χ1n) is 5.94. The average Bonchev–Trinajstić information content (AvgIpc) is 2.36. The normalized spacial score (nSPS) is 11.9. The Kier molecular flexibility index (Phi) is 5.35. The van der Waals surface area contributed by atoms with Crippen molar-refractivity contribution in [2.24, 2.45) is 5.92 Å². The smallest absolute Gasteiger partial charge is 0.308 e. The molecule has 0 saturated heterocycles. The van der Waals surface area contributed by atoms with Crippen LogP contribution in [0, 0.1) is 5.92 Å². The SMILES string of the molecule is CCCOc1ccnc(N(C)CC(C)C(=O)O)n1. The van der Waals surface area contributed by atoms with E-state index in [-0.39, 0.29) is 0 Å². The Morgan fingerprint density at radius 3 is 2.94 bits per heavy atom. The predicted molar refractivity (Wildman–Crippen MR) is 67.9 cm³/mol. The van der Waals surface area contributed by atoms with Crippen molar-refractivity contribution in [3.63, 3.8) is 0 Å². The highest BCUT2D eigenvalue weighted by atomic mass is 16.5. The number of rotatable bonds is 7. The van der Waals surface area contributed by atoms with Crippen LogP contribution < -0.4 is 9.64 Å². The maximum Gasteiger partial charge on any atom is 0.308 e. The minimum atomic E-state index is -0.833. The molecule has 1 aromatic heterocycles. The lowest BCUT2D eigenvalue weighted by Crippen LogP contribution is -2.29. The number of hydrogen-bond donors (Lipinski definition) is 1. The van der Waals surface area contributed by atoms with Gasteiger partial charge in [0.05, 0.1) is 12.5 Å². The average molecular weight is 253 g/mol. The quantitative estimate of drug-likeness (QED) is 0.792. The third-order valence-electron chi connectivity index (χ3n) is 2.38. The van der Waals surface area contributed by atoms with E-state index in [4.69, 9.17) is 9.84 Å². The van der Waals surface area contributed by atoms with Gasteiger partial charge in [-0.05, 0) is 6.42 Å². The van der Waals surface area contributed by atoms with Gasteiger partial charge in [0.25, 0.3) is 0 Å². The molecular formula is C12H19N3O3. The summed E-state index contributed by atoms with van der Waals surface area (Å²) in [6.07, 6.45) is 2.51. The Bertz CT molecular complexity index is 398. The van der Waals surface area contributed by atoms with Crippen LogP contribution >= 0.6 is 0 Å². The van der Waals surface area contributed by atoms with Crippen LogP contribution in [0.5, 0.6) is 5.88 Å². The first-order valence-corrected chi connectivity index (χ1v) is 5.94. The molecule has 1 heterocycles. The van der Waals surface area contributed by atoms with Gasteiger partial charge in [-0.2, -0.15) is 4.98 Å². The minimum absolute atomic E-state index is 0.354. The molecule has 0 aliphatic heterocycles. The highest BCUT2D eigenvalue weighted by Gasteiger charge is 2.15. The number of aliphatic carboxylic acids is 1. The van der Waals surface area contributed by atoms with E-state index in [1.165, 1.54) is 0 Å². The van der Waals surface area contributed by atoms with Gasteiger partial charge in [0.2, 0.25) is 11.8 Å². The van der Waals surface area contributed by atoms with E-state index in [0.717, 1.165) is 6.42 Å². The molecule has 6 nitrogen and oxygen atoms in total. The van der Waals surface area contributed by atoms with Gasteiger partial charge in [-0.25, -0.2) is 4.98 Å². The molecule has 0 aromatic carbocycles. The van der Waals surface area contributed by atoms with Gasteiger partial charge in [0, 0.05) is 25.9 Å². The van der Waals surface area contributed by atoms with Crippen LogP contribution in [0.2, 0.25) is 0 Å². The van der Waals surface area contributed by atoms with Crippen LogP contribution in [0.1, 0.15) is 20.3 Å². The van der Waals surface area contributed by atoms with Crippen LogP contribution in [0.25, 0.3) is 0 Å². The molecule has 0 amide bonds. The van der Waals surface area contributed by atoms with E-state index in [2.05, 4.69) is 9.97 Å². The van der Waals surface area contributed by atoms with E-state index in [1.54, 1.807) is 31.1 Å². The Morgan fingerprint density at radius 1 is 1.61 bits per heavy atom. The largest absolute Gasteiger partial charge is 0.481 e. The molecule has 1 rings (SSSR count). The number of ether oxygens (including phenoxy) is 1. The monoisotopic (exact) mass is 253 g/mol. The summed E-state index contributed by atoms with van der Waals surface area (Å²) < 4.78 is 5.40. The van der Waals surface area contributed by atoms with Crippen molar-refractivity contribution < 1.29 is 14.6 Å². The van der Waals surface area contributed by atoms with Crippen molar-refractivity contribution in [1.82, 2.24) is 9.97 Å². The lowest BCUT2D eigenvalue weighted by Gasteiger charge is -2.19. The van der Waals surface area contributed by atoms with Crippen LogP contribution in [-0.2, 0) is 4.79 Å². The van der Waals surface area contributed by atoms with E-state index in [9.17, 15) is 4.79 Å². The van der Waals surface area contributed by atoms with E-state index in [1.807, 2.05) is 6.92 Å². The van der Waals surface area contributed by atoms with Gasteiger partial charge >= 0.3 is 5.97 Å². The van der Waals surface area contributed by atoms with Gasteiger partial charge in [0.15, 0.2) is 0 Å². The molecule has 6 heteroatoms. The fourth-order valence-corrected chi connectivity index (χ4v) is 1.37. The number of carboxylic acids is 1. The molecule has 0 saturated carbocycles. The summed E-state index contributed by atoms with van der Waals surface area (Å²) in [6, 6.07) is 1.69. The van der Waals surface area contributed by atoms with Crippen molar-refractivity contribution in [3.05, 3.63) is 12.3 Å². The number of anilines is 1. The summed E-state index contributed by atoms with van der Waals surface area (Å²) in [7, 11) is 1.76. The molecule has 0 spiro atoms. The van der Waals surface area contributed by atoms with E-state index >= 15 is 0 Å². The summed E-state index contributed by atoms with van der Waals surface area (Å²) in [6.45, 7) is 4.62. The van der Waals surface area contributed by atoms with Crippen molar-refractivity contribution in [1.29, 1.82) is 0 Å². The van der Waals surface area contributed by atoms with Crippen molar-refractivity contribution in [3.8, 4) is 5.88 Å². The number of carbonyl (C=O) groups is 1. The lowest BCUT2D eigenvalue weighted by atomic mass is 10.2. The summed E-state index contributed by atoms with van der Waals surface area (Å²) in [5, 5.41) is 8.86. The highest BCUT2D eigenvalue weighted by Crippen LogP contribution is 2.13. The van der Waals surface area contributed by atoms with Crippen molar-refractivity contribution in [2.45, 2.75) is 20.3 Å². The Balaban J connectivity index is 2.67. The molecule has 0 radical (unpaired) electrons. The van der Waals surface area contributed by atoms with Crippen LogP contribution in [0.15, 0.2) is 12.3 Å². The van der Waals surface area contributed by atoms with Gasteiger partial charge in [-0.15, -0.1) is 0 Å². The first kappa shape index (κ1) is 14.2. The first-order chi connectivity index (χ1) is 8.54. The second-order valence-electron chi connectivity index (χ2n) is 4.16. The molecule has 100 valence electrons. The second kappa shape index (κ2) is 6.78. The molecule has 0 bridgehead atoms. The Morgan fingerprint density at radius 2 is 2.33 bits per heavy atom. The molecule has 0 aliphatic carbocycles. The van der Waals surface area contributed by atoms with Gasteiger partial charge in [-0.3, -0.25) is 4.79 Å². The number of carboxylic acid groups (broad SMARTS) is 1. The molecule has 0 aliphatic rings. The van der Waals surface area contributed by atoms with Gasteiger partial charge < -0.3 is 14.7 Å². The minimum Gasteiger partial charge on any atom is -0.481 e. The summed E-state index contributed by atoms with van der Waals surface area (Å²) in [5.74, 6) is -0.326. The van der Waals surface area contributed by atoms with Gasteiger partial charge in [-0.1, -0.05) is 13.8 Å². The fraction of sp³-hybridized carbons (Fsp3) is 0.583. The maximum absolute atomic E-state index is 10.8.